The molecule has 0 saturated heterocycles. The van der Waals surface area contributed by atoms with Crippen molar-refractivity contribution in [2.45, 2.75) is 26.4 Å². The molecule has 0 atom stereocenters. The lowest BCUT2D eigenvalue weighted by atomic mass is 10.1. The number of nitrogens with one attached hydrogen (secondary N) is 2. The van der Waals surface area contributed by atoms with Gasteiger partial charge in [0.25, 0.3) is 5.91 Å². The van der Waals surface area contributed by atoms with E-state index in [4.69, 9.17) is 0 Å². The summed E-state index contributed by atoms with van der Waals surface area (Å²) in [4.78, 5) is 11.3. The van der Waals surface area contributed by atoms with Crippen LogP contribution in [-0.4, -0.2) is 16.6 Å². The van der Waals surface area contributed by atoms with Crippen molar-refractivity contribution in [1.29, 1.82) is 0 Å². The second-order valence-electron chi connectivity index (χ2n) is 3.95. The van der Waals surface area contributed by atoms with E-state index in [0.29, 0.717) is 0 Å². The minimum absolute atomic E-state index is 0.467. The molecule has 15 heavy (non-hydrogen) atoms. The molecule has 4 nitrogen and oxygen atoms in total. The Kier molecular flexibility index (Phi) is 3.31. The number of aryl methyl sites for hydroxylation is 1. The SMILES string of the molecule is Cc1ccccc1NNC(=O)C(C)(C)O. The predicted octanol–water partition coefficient (Wildman–Crippen LogP) is 1.21. The first-order valence-electron chi connectivity index (χ1n) is 4.76. The number of benzene rings is 1. The fourth-order valence-corrected chi connectivity index (χ4v) is 0.990. The van der Waals surface area contributed by atoms with E-state index in [-0.39, 0.29) is 0 Å². The van der Waals surface area contributed by atoms with Crippen molar-refractivity contribution in [2.24, 2.45) is 0 Å². The highest BCUT2D eigenvalue weighted by molar-refractivity contribution is 5.85. The third-order valence-electron chi connectivity index (χ3n) is 2.01. The van der Waals surface area contributed by atoms with Crippen LogP contribution in [0.15, 0.2) is 24.3 Å². The van der Waals surface area contributed by atoms with Crippen LogP contribution < -0.4 is 10.9 Å². The molecule has 3 N–H and O–H groups in total. The average molecular weight is 208 g/mol. The summed E-state index contributed by atoms with van der Waals surface area (Å²) in [5, 5.41) is 9.38. The Morgan fingerprint density at radius 1 is 1.33 bits per heavy atom. The lowest BCUT2D eigenvalue weighted by Crippen LogP contribution is -2.44. The molecule has 0 fully saturated rings. The van der Waals surface area contributed by atoms with Crippen LogP contribution in [-0.2, 0) is 4.79 Å². The van der Waals surface area contributed by atoms with Gasteiger partial charge in [0.2, 0.25) is 0 Å². The van der Waals surface area contributed by atoms with Crippen molar-refractivity contribution in [1.82, 2.24) is 5.43 Å². The molecule has 4 heteroatoms. The van der Waals surface area contributed by atoms with Gasteiger partial charge in [-0.15, -0.1) is 0 Å². The largest absolute Gasteiger partial charge is 0.381 e. The summed E-state index contributed by atoms with van der Waals surface area (Å²) in [6.45, 7) is 4.79. The molecule has 0 aliphatic heterocycles. The second kappa shape index (κ2) is 4.31. The van der Waals surface area contributed by atoms with E-state index in [1.807, 2.05) is 31.2 Å². The maximum Gasteiger partial charge on any atom is 0.269 e. The zero-order valence-electron chi connectivity index (χ0n) is 9.16. The molecule has 1 aromatic rings. The number of hydrazine groups is 1. The zero-order valence-corrected chi connectivity index (χ0v) is 9.16. The summed E-state index contributed by atoms with van der Waals surface area (Å²) < 4.78 is 0. The minimum Gasteiger partial charge on any atom is -0.381 e. The highest BCUT2D eigenvalue weighted by atomic mass is 16.3. The Morgan fingerprint density at radius 2 is 1.93 bits per heavy atom. The van der Waals surface area contributed by atoms with E-state index in [1.54, 1.807) is 0 Å². The summed E-state index contributed by atoms with van der Waals surface area (Å²) in [5.41, 5.74) is 5.66. The molecule has 0 aromatic heterocycles. The van der Waals surface area contributed by atoms with Gasteiger partial charge in [0, 0.05) is 0 Å². The molecular weight excluding hydrogens is 192 g/mol. The monoisotopic (exact) mass is 208 g/mol. The quantitative estimate of drug-likeness (QED) is 0.654. The molecule has 0 aliphatic carbocycles. The van der Waals surface area contributed by atoms with Crippen LogP contribution in [0.4, 0.5) is 5.69 Å². The van der Waals surface area contributed by atoms with Gasteiger partial charge in [0.1, 0.15) is 5.60 Å². The van der Waals surface area contributed by atoms with E-state index in [9.17, 15) is 9.90 Å². The van der Waals surface area contributed by atoms with Gasteiger partial charge in [0.05, 0.1) is 5.69 Å². The van der Waals surface area contributed by atoms with Crippen molar-refractivity contribution in [3.8, 4) is 0 Å². The first-order chi connectivity index (χ1) is 6.91. The summed E-state index contributed by atoms with van der Waals surface area (Å²) >= 11 is 0. The summed E-state index contributed by atoms with van der Waals surface area (Å²) in [5.74, 6) is -0.467. The van der Waals surface area contributed by atoms with Crippen LogP contribution in [0.2, 0.25) is 0 Å². The molecule has 1 aromatic carbocycles. The third kappa shape index (κ3) is 3.25. The van der Waals surface area contributed by atoms with E-state index in [1.165, 1.54) is 13.8 Å². The number of rotatable bonds is 3. The average Bonchev–Trinajstić information content (AvgIpc) is 2.14. The van der Waals surface area contributed by atoms with Crippen molar-refractivity contribution in [2.75, 3.05) is 5.43 Å². The molecule has 0 saturated carbocycles. The van der Waals surface area contributed by atoms with E-state index >= 15 is 0 Å². The molecule has 0 aliphatic rings. The van der Waals surface area contributed by atoms with E-state index in [0.717, 1.165) is 11.3 Å². The number of hydrogen-bond donors (Lipinski definition) is 3. The van der Waals surface area contributed by atoms with Gasteiger partial charge in [-0.3, -0.25) is 15.6 Å². The molecule has 0 bridgehead atoms. The summed E-state index contributed by atoms with van der Waals surface area (Å²) in [7, 11) is 0. The van der Waals surface area contributed by atoms with Crippen LogP contribution in [0, 0.1) is 6.92 Å². The third-order valence-corrected chi connectivity index (χ3v) is 2.01. The number of hydrogen-bond acceptors (Lipinski definition) is 3. The predicted molar refractivity (Wildman–Crippen MR) is 59.2 cm³/mol. The molecule has 0 heterocycles. The standard InChI is InChI=1S/C11H16N2O2/c1-8-6-4-5-7-9(8)12-13-10(14)11(2,3)15/h4-7,12,15H,1-3H3,(H,13,14). The number of anilines is 1. The lowest BCUT2D eigenvalue weighted by Gasteiger charge is -2.18. The molecule has 0 spiro atoms. The molecule has 0 unspecified atom stereocenters. The second-order valence-corrected chi connectivity index (χ2v) is 3.95. The van der Waals surface area contributed by atoms with Gasteiger partial charge in [-0.05, 0) is 32.4 Å². The van der Waals surface area contributed by atoms with Crippen LogP contribution in [0.3, 0.4) is 0 Å². The number of para-hydroxylation sites is 1. The van der Waals surface area contributed by atoms with Gasteiger partial charge in [-0.25, -0.2) is 0 Å². The van der Waals surface area contributed by atoms with Gasteiger partial charge < -0.3 is 5.11 Å². The van der Waals surface area contributed by atoms with Crippen molar-refractivity contribution in [3.05, 3.63) is 29.8 Å². The zero-order chi connectivity index (χ0) is 11.5. The number of aliphatic hydroxyl groups is 1. The molecule has 1 rings (SSSR count). The highest BCUT2D eigenvalue weighted by Crippen LogP contribution is 2.11. The van der Waals surface area contributed by atoms with Crippen LogP contribution in [0.25, 0.3) is 0 Å². The van der Waals surface area contributed by atoms with Gasteiger partial charge in [0.15, 0.2) is 0 Å². The van der Waals surface area contributed by atoms with Crippen molar-refractivity contribution >= 4 is 11.6 Å². The summed E-state index contributed by atoms with van der Waals surface area (Å²) in [6, 6.07) is 7.56. The molecule has 1 amide bonds. The minimum atomic E-state index is -1.38. The summed E-state index contributed by atoms with van der Waals surface area (Å²) in [6.07, 6.45) is 0. The Hall–Kier alpha value is -1.55. The smallest absolute Gasteiger partial charge is 0.269 e. The maximum atomic E-state index is 11.3. The maximum absolute atomic E-state index is 11.3. The topological polar surface area (TPSA) is 61.4 Å². The van der Waals surface area contributed by atoms with Gasteiger partial charge >= 0.3 is 0 Å². The first-order valence-corrected chi connectivity index (χ1v) is 4.76. The van der Waals surface area contributed by atoms with Gasteiger partial charge in [-0.1, -0.05) is 18.2 Å². The molecule has 0 radical (unpaired) electrons. The van der Waals surface area contributed by atoms with Gasteiger partial charge in [-0.2, -0.15) is 0 Å². The van der Waals surface area contributed by atoms with Crippen LogP contribution in [0.5, 0.6) is 0 Å². The Labute approximate surface area is 89.3 Å². The van der Waals surface area contributed by atoms with Crippen molar-refractivity contribution in [3.63, 3.8) is 0 Å². The number of amides is 1. The van der Waals surface area contributed by atoms with Crippen LogP contribution in [0.1, 0.15) is 19.4 Å². The van der Waals surface area contributed by atoms with Crippen molar-refractivity contribution < 1.29 is 9.90 Å². The normalized spacial score (nSPS) is 10.9. The van der Waals surface area contributed by atoms with E-state index in [2.05, 4.69) is 10.9 Å². The van der Waals surface area contributed by atoms with E-state index < -0.39 is 11.5 Å². The highest BCUT2D eigenvalue weighted by Gasteiger charge is 2.23. The first kappa shape index (κ1) is 11.5. The fraction of sp³-hybridized carbons (Fsp3) is 0.364. The molecular formula is C11H16N2O2. The Balaban J connectivity index is 2.59. The lowest BCUT2D eigenvalue weighted by molar-refractivity contribution is -0.135. The fourth-order valence-electron chi connectivity index (χ4n) is 0.990. The Bertz CT molecular complexity index is 356. The Morgan fingerprint density at radius 3 is 2.47 bits per heavy atom. The number of carbonyl (C=O) groups is 1. The molecule has 82 valence electrons. The number of carbonyl (C=O) groups excluding carboxylic acids is 1. The van der Waals surface area contributed by atoms with Crippen LogP contribution >= 0.6 is 0 Å².